The van der Waals surface area contributed by atoms with E-state index in [-0.39, 0.29) is 6.04 Å². The highest BCUT2D eigenvalue weighted by Crippen LogP contribution is 2.34. The number of aliphatic hydroxyl groups excluding tert-OH is 1. The predicted molar refractivity (Wildman–Crippen MR) is 98.2 cm³/mol. The lowest BCUT2D eigenvalue weighted by Gasteiger charge is -2.24. The van der Waals surface area contributed by atoms with E-state index < -0.39 is 6.10 Å². The maximum absolute atomic E-state index is 11.1. The van der Waals surface area contributed by atoms with Gasteiger partial charge in [-0.2, -0.15) is 0 Å². The van der Waals surface area contributed by atoms with Crippen LogP contribution in [0.2, 0.25) is 0 Å². The average Bonchev–Trinajstić information content (AvgIpc) is 3.08. The van der Waals surface area contributed by atoms with E-state index in [4.69, 9.17) is 0 Å². The Bertz CT molecular complexity index is 977. The average molecular weight is 329 g/mol. The first-order chi connectivity index (χ1) is 12.2. The van der Waals surface area contributed by atoms with Crippen LogP contribution >= 0.6 is 0 Å². The zero-order valence-electron chi connectivity index (χ0n) is 13.9. The fraction of sp³-hybridized carbons (Fsp3) is 0.143. The molecule has 2 atom stereocenters. The molecule has 4 nitrogen and oxygen atoms in total. The van der Waals surface area contributed by atoms with E-state index in [2.05, 4.69) is 29.4 Å². The SMILES string of the molecule is Cc1ccc(C(C(O)c2ccccc2)n2nnc3ccccc32)cc1. The topological polar surface area (TPSA) is 50.9 Å². The van der Waals surface area contributed by atoms with Crippen molar-refractivity contribution in [2.24, 2.45) is 0 Å². The molecule has 0 spiro atoms. The van der Waals surface area contributed by atoms with Gasteiger partial charge in [0.2, 0.25) is 0 Å². The lowest BCUT2D eigenvalue weighted by molar-refractivity contribution is 0.126. The van der Waals surface area contributed by atoms with Crippen molar-refractivity contribution in [1.29, 1.82) is 0 Å². The van der Waals surface area contributed by atoms with E-state index in [0.29, 0.717) is 0 Å². The molecule has 124 valence electrons. The van der Waals surface area contributed by atoms with Crippen LogP contribution in [0.25, 0.3) is 11.0 Å². The van der Waals surface area contributed by atoms with Crippen LogP contribution in [0.1, 0.15) is 28.8 Å². The number of rotatable bonds is 4. The van der Waals surface area contributed by atoms with Crippen molar-refractivity contribution in [2.75, 3.05) is 0 Å². The molecule has 1 heterocycles. The number of aryl methyl sites for hydroxylation is 1. The van der Waals surface area contributed by atoms with Crippen LogP contribution in [0, 0.1) is 6.92 Å². The maximum Gasteiger partial charge on any atom is 0.113 e. The van der Waals surface area contributed by atoms with Gasteiger partial charge in [0.05, 0.1) is 5.52 Å². The number of hydrogen-bond donors (Lipinski definition) is 1. The zero-order valence-corrected chi connectivity index (χ0v) is 13.9. The number of hydrogen-bond acceptors (Lipinski definition) is 3. The van der Waals surface area contributed by atoms with E-state index in [1.165, 1.54) is 5.56 Å². The largest absolute Gasteiger partial charge is 0.386 e. The van der Waals surface area contributed by atoms with Crippen LogP contribution in [-0.4, -0.2) is 20.1 Å². The molecule has 4 aromatic rings. The molecular formula is C21H19N3O. The molecule has 0 bridgehead atoms. The second-order valence-corrected chi connectivity index (χ2v) is 6.23. The van der Waals surface area contributed by atoms with Crippen LogP contribution in [0.4, 0.5) is 0 Å². The molecule has 0 saturated carbocycles. The van der Waals surface area contributed by atoms with Crippen molar-refractivity contribution >= 4 is 11.0 Å². The minimum absolute atomic E-state index is 0.351. The summed E-state index contributed by atoms with van der Waals surface area (Å²) in [6, 6.07) is 25.3. The predicted octanol–water partition coefficient (Wildman–Crippen LogP) is 4.06. The molecule has 4 rings (SSSR count). The van der Waals surface area contributed by atoms with Gasteiger partial charge in [0.15, 0.2) is 0 Å². The molecule has 2 unspecified atom stereocenters. The number of benzene rings is 3. The third kappa shape index (κ3) is 2.92. The molecule has 0 fully saturated rings. The van der Waals surface area contributed by atoms with Crippen molar-refractivity contribution in [2.45, 2.75) is 19.1 Å². The van der Waals surface area contributed by atoms with Gasteiger partial charge < -0.3 is 5.11 Å². The third-order valence-corrected chi connectivity index (χ3v) is 4.50. The Kier molecular flexibility index (Phi) is 4.04. The molecule has 25 heavy (non-hydrogen) atoms. The molecule has 0 amide bonds. The minimum atomic E-state index is -0.728. The number of aromatic nitrogens is 3. The highest BCUT2D eigenvalue weighted by molar-refractivity contribution is 5.74. The van der Waals surface area contributed by atoms with Gasteiger partial charge >= 0.3 is 0 Å². The van der Waals surface area contributed by atoms with Gasteiger partial charge in [-0.1, -0.05) is 77.5 Å². The van der Waals surface area contributed by atoms with E-state index in [1.54, 1.807) is 0 Å². The summed E-state index contributed by atoms with van der Waals surface area (Å²) in [4.78, 5) is 0. The number of aliphatic hydroxyl groups is 1. The second-order valence-electron chi connectivity index (χ2n) is 6.23. The Labute approximate surface area is 146 Å². The van der Waals surface area contributed by atoms with Gasteiger partial charge in [-0.15, -0.1) is 5.10 Å². The minimum Gasteiger partial charge on any atom is -0.386 e. The lowest BCUT2D eigenvalue weighted by atomic mass is 9.95. The summed E-state index contributed by atoms with van der Waals surface area (Å²) >= 11 is 0. The fourth-order valence-corrected chi connectivity index (χ4v) is 3.15. The van der Waals surface area contributed by atoms with Gasteiger partial charge in [-0.25, -0.2) is 4.68 Å². The number of nitrogens with zero attached hydrogens (tertiary/aromatic N) is 3. The standard InChI is InChI=1S/C21H19N3O/c1-15-11-13-16(14-12-15)20(21(25)17-7-3-2-4-8-17)24-19-10-6-5-9-18(19)22-23-24/h2-14,20-21,25H,1H3. The normalized spacial score (nSPS) is 13.7. The third-order valence-electron chi connectivity index (χ3n) is 4.50. The summed E-state index contributed by atoms with van der Waals surface area (Å²) in [5.74, 6) is 0. The Balaban J connectivity index is 1.88. The van der Waals surface area contributed by atoms with E-state index in [1.807, 2.05) is 71.4 Å². The van der Waals surface area contributed by atoms with Crippen molar-refractivity contribution in [3.05, 3.63) is 95.6 Å². The van der Waals surface area contributed by atoms with Gasteiger partial charge in [0.25, 0.3) is 0 Å². The molecule has 0 aliphatic heterocycles. The summed E-state index contributed by atoms with van der Waals surface area (Å²) < 4.78 is 1.82. The monoisotopic (exact) mass is 329 g/mol. The fourth-order valence-electron chi connectivity index (χ4n) is 3.15. The first-order valence-corrected chi connectivity index (χ1v) is 8.33. The molecule has 0 aliphatic rings. The summed E-state index contributed by atoms with van der Waals surface area (Å²) in [5.41, 5.74) is 4.76. The van der Waals surface area contributed by atoms with Gasteiger partial charge in [0, 0.05) is 0 Å². The molecule has 0 aliphatic carbocycles. The Morgan fingerprint density at radius 3 is 2.24 bits per heavy atom. The smallest absolute Gasteiger partial charge is 0.113 e. The van der Waals surface area contributed by atoms with Gasteiger partial charge in [-0.05, 0) is 30.2 Å². The first-order valence-electron chi connectivity index (χ1n) is 8.33. The molecular weight excluding hydrogens is 310 g/mol. The van der Waals surface area contributed by atoms with E-state index in [0.717, 1.165) is 22.2 Å². The molecule has 1 N–H and O–H groups in total. The highest BCUT2D eigenvalue weighted by atomic mass is 16.3. The molecule has 4 heteroatoms. The van der Waals surface area contributed by atoms with Crippen LogP contribution in [0.15, 0.2) is 78.9 Å². The van der Waals surface area contributed by atoms with Crippen LogP contribution < -0.4 is 0 Å². The number of para-hydroxylation sites is 1. The van der Waals surface area contributed by atoms with Crippen LogP contribution in [-0.2, 0) is 0 Å². The summed E-state index contributed by atoms with van der Waals surface area (Å²) in [5, 5.41) is 19.8. The van der Waals surface area contributed by atoms with E-state index >= 15 is 0 Å². The lowest BCUT2D eigenvalue weighted by Crippen LogP contribution is -2.20. The molecule has 3 aromatic carbocycles. The van der Waals surface area contributed by atoms with Crippen LogP contribution in [0.3, 0.4) is 0 Å². The molecule has 0 saturated heterocycles. The summed E-state index contributed by atoms with van der Waals surface area (Å²) in [7, 11) is 0. The number of fused-ring (bicyclic) bond motifs is 1. The summed E-state index contributed by atoms with van der Waals surface area (Å²) in [6.45, 7) is 2.05. The van der Waals surface area contributed by atoms with Crippen molar-refractivity contribution in [3.63, 3.8) is 0 Å². The van der Waals surface area contributed by atoms with Crippen molar-refractivity contribution in [3.8, 4) is 0 Å². The van der Waals surface area contributed by atoms with Gasteiger partial charge in [0.1, 0.15) is 17.7 Å². The van der Waals surface area contributed by atoms with E-state index in [9.17, 15) is 5.11 Å². The second kappa shape index (κ2) is 6.49. The summed E-state index contributed by atoms with van der Waals surface area (Å²) in [6.07, 6.45) is -0.728. The molecule has 1 aromatic heterocycles. The highest BCUT2D eigenvalue weighted by Gasteiger charge is 2.27. The first kappa shape index (κ1) is 15.5. The van der Waals surface area contributed by atoms with Crippen molar-refractivity contribution in [1.82, 2.24) is 15.0 Å². The Morgan fingerprint density at radius 1 is 0.800 bits per heavy atom. The quantitative estimate of drug-likeness (QED) is 0.614. The Hall–Kier alpha value is -2.98. The van der Waals surface area contributed by atoms with Crippen LogP contribution in [0.5, 0.6) is 0 Å². The van der Waals surface area contributed by atoms with Gasteiger partial charge in [-0.3, -0.25) is 0 Å². The zero-order chi connectivity index (χ0) is 17.2. The van der Waals surface area contributed by atoms with Crippen molar-refractivity contribution < 1.29 is 5.11 Å². The maximum atomic E-state index is 11.1. The molecule has 0 radical (unpaired) electrons. The Morgan fingerprint density at radius 2 is 1.48 bits per heavy atom.